The van der Waals surface area contributed by atoms with E-state index in [9.17, 15) is 18.0 Å². The van der Waals surface area contributed by atoms with Crippen molar-refractivity contribution in [2.24, 2.45) is 5.10 Å². The number of hydrazone groups is 1. The Balaban J connectivity index is 1.41. The smallest absolute Gasteiger partial charge is 0.264 e. The van der Waals surface area contributed by atoms with Crippen molar-refractivity contribution in [1.29, 1.82) is 0 Å². The normalized spacial score (nSPS) is 11.1. The minimum atomic E-state index is -4.14. The van der Waals surface area contributed by atoms with E-state index in [4.69, 9.17) is 14.2 Å². The zero-order valence-electron chi connectivity index (χ0n) is 24.4. The summed E-state index contributed by atoms with van der Waals surface area (Å²) in [7, 11) is -1.24. The highest BCUT2D eigenvalue weighted by Gasteiger charge is 2.28. The number of methoxy groups -OCH3 is 2. The Morgan fingerprint density at radius 2 is 1.52 bits per heavy atom. The Morgan fingerprint density at radius 3 is 2.18 bits per heavy atom. The van der Waals surface area contributed by atoms with Gasteiger partial charge in [-0.3, -0.25) is 13.9 Å². The Morgan fingerprint density at radius 1 is 0.841 bits per heavy atom. The average molecular weight is 617 g/mol. The van der Waals surface area contributed by atoms with Crippen molar-refractivity contribution in [1.82, 2.24) is 5.43 Å². The summed E-state index contributed by atoms with van der Waals surface area (Å²) in [6.45, 7) is 1.13. The fourth-order valence-electron chi connectivity index (χ4n) is 3.99. The van der Waals surface area contributed by atoms with E-state index in [-0.39, 0.29) is 23.1 Å². The zero-order chi connectivity index (χ0) is 31.5. The van der Waals surface area contributed by atoms with Gasteiger partial charge in [0.15, 0.2) is 18.1 Å². The zero-order valence-corrected chi connectivity index (χ0v) is 25.2. The SMILES string of the molecule is COc1ccc(N(CC(=O)N/N=C\c2ccc(OCC(=O)Nc3ccccc3)cc2)S(=O)(=O)c2ccc(C)cc2)cc1OC. The predicted molar refractivity (Wildman–Crippen MR) is 168 cm³/mol. The first-order valence-electron chi connectivity index (χ1n) is 13.4. The van der Waals surface area contributed by atoms with Gasteiger partial charge in [-0.05, 0) is 73.2 Å². The summed E-state index contributed by atoms with van der Waals surface area (Å²) >= 11 is 0. The van der Waals surface area contributed by atoms with Crippen molar-refractivity contribution in [2.45, 2.75) is 11.8 Å². The summed E-state index contributed by atoms with van der Waals surface area (Å²) in [6, 6.07) is 26.7. The summed E-state index contributed by atoms with van der Waals surface area (Å²) < 4.78 is 44.4. The molecule has 0 bridgehead atoms. The highest BCUT2D eigenvalue weighted by atomic mass is 32.2. The minimum Gasteiger partial charge on any atom is -0.493 e. The number of nitrogens with one attached hydrogen (secondary N) is 2. The highest BCUT2D eigenvalue weighted by molar-refractivity contribution is 7.92. The quantitative estimate of drug-likeness (QED) is 0.168. The summed E-state index contributed by atoms with van der Waals surface area (Å²) in [5.41, 5.74) is 4.78. The molecule has 44 heavy (non-hydrogen) atoms. The largest absolute Gasteiger partial charge is 0.493 e. The van der Waals surface area contributed by atoms with Gasteiger partial charge in [0.2, 0.25) is 0 Å². The maximum absolute atomic E-state index is 13.6. The molecular weight excluding hydrogens is 584 g/mol. The lowest BCUT2D eigenvalue weighted by Crippen LogP contribution is -2.39. The molecule has 0 aromatic heterocycles. The molecule has 4 aromatic carbocycles. The van der Waals surface area contributed by atoms with Crippen molar-refractivity contribution in [2.75, 3.05) is 37.0 Å². The van der Waals surface area contributed by atoms with Gasteiger partial charge in [0.1, 0.15) is 12.3 Å². The lowest BCUT2D eigenvalue weighted by atomic mass is 10.2. The summed E-state index contributed by atoms with van der Waals surface area (Å²) in [4.78, 5) is 25.0. The molecule has 0 fully saturated rings. The molecule has 0 saturated heterocycles. The van der Waals surface area contributed by atoms with Crippen LogP contribution in [0.4, 0.5) is 11.4 Å². The van der Waals surface area contributed by atoms with Crippen LogP contribution in [0.25, 0.3) is 0 Å². The number of hydrogen-bond donors (Lipinski definition) is 2. The second kappa shape index (κ2) is 14.7. The van der Waals surface area contributed by atoms with Crippen LogP contribution in [0.2, 0.25) is 0 Å². The fourth-order valence-corrected chi connectivity index (χ4v) is 5.41. The van der Waals surface area contributed by atoms with Gasteiger partial charge in [0.25, 0.3) is 21.8 Å². The molecule has 0 radical (unpaired) electrons. The van der Waals surface area contributed by atoms with Crippen LogP contribution in [0.3, 0.4) is 0 Å². The predicted octanol–water partition coefficient (Wildman–Crippen LogP) is 4.38. The van der Waals surface area contributed by atoms with Crippen molar-refractivity contribution in [3.05, 3.63) is 108 Å². The van der Waals surface area contributed by atoms with Crippen LogP contribution in [-0.2, 0) is 19.6 Å². The first kappa shape index (κ1) is 31.6. The lowest BCUT2D eigenvalue weighted by molar-refractivity contribution is -0.119. The first-order valence-corrected chi connectivity index (χ1v) is 14.8. The number of rotatable bonds is 13. The number of benzene rings is 4. The molecule has 0 aliphatic rings. The van der Waals surface area contributed by atoms with Crippen molar-refractivity contribution >= 4 is 39.4 Å². The summed E-state index contributed by atoms with van der Waals surface area (Å²) in [5, 5.41) is 6.71. The standard InChI is InChI=1S/C32H32N4O7S/c1-23-9-16-28(17-10-23)44(39,40)36(26-13-18-29(41-2)30(19-26)42-3)21-31(37)35-33-20-24-11-14-27(15-12-24)43-22-32(38)34-25-7-5-4-6-8-25/h4-20H,21-22H2,1-3H3,(H,34,38)(H,35,37)/b33-20-. The van der Waals surface area contributed by atoms with Crippen molar-refractivity contribution < 1.29 is 32.2 Å². The average Bonchev–Trinajstić information content (AvgIpc) is 3.03. The molecule has 4 aromatic rings. The Hall–Kier alpha value is -5.36. The molecule has 0 aliphatic heterocycles. The number of amides is 2. The van der Waals surface area contributed by atoms with E-state index in [1.165, 1.54) is 44.7 Å². The van der Waals surface area contributed by atoms with Gasteiger partial charge in [-0.2, -0.15) is 5.10 Å². The van der Waals surface area contributed by atoms with Crippen LogP contribution in [0.1, 0.15) is 11.1 Å². The van der Waals surface area contributed by atoms with Gasteiger partial charge in [-0.25, -0.2) is 13.8 Å². The second-order valence-corrected chi connectivity index (χ2v) is 11.3. The van der Waals surface area contributed by atoms with Gasteiger partial charge >= 0.3 is 0 Å². The Kier molecular flexibility index (Phi) is 10.5. The number of ether oxygens (including phenoxy) is 3. The topological polar surface area (TPSA) is 136 Å². The third-order valence-electron chi connectivity index (χ3n) is 6.26. The third kappa shape index (κ3) is 8.35. The number of hydrogen-bond acceptors (Lipinski definition) is 8. The first-order chi connectivity index (χ1) is 21.2. The number of sulfonamides is 1. The lowest BCUT2D eigenvalue weighted by Gasteiger charge is -2.24. The van der Waals surface area contributed by atoms with Crippen LogP contribution in [0.15, 0.2) is 107 Å². The molecule has 2 N–H and O–H groups in total. The van der Waals surface area contributed by atoms with E-state index in [0.717, 1.165) is 9.87 Å². The van der Waals surface area contributed by atoms with Gasteiger partial charge in [0.05, 0.1) is 31.0 Å². The number of para-hydroxylation sites is 1. The summed E-state index contributed by atoms with van der Waals surface area (Å²) in [6.07, 6.45) is 1.40. The van der Waals surface area contributed by atoms with Crippen LogP contribution < -0.4 is 29.3 Å². The molecule has 0 aliphatic carbocycles. The number of carbonyl (C=O) groups excluding carboxylic acids is 2. The van der Waals surface area contributed by atoms with Crippen LogP contribution in [0, 0.1) is 6.92 Å². The van der Waals surface area contributed by atoms with E-state index in [1.807, 2.05) is 25.1 Å². The molecule has 11 nitrogen and oxygen atoms in total. The highest BCUT2D eigenvalue weighted by Crippen LogP contribution is 2.33. The molecule has 12 heteroatoms. The van der Waals surface area contributed by atoms with Gasteiger partial charge < -0.3 is 19.5 Å². The molecule has 2 amide bonds. The molecule has 4 rings (SSSR count). The second-order valence-electron chi connectivity index (χ2n) is 9.43. The fraction of sp³-hybridized carbons (Fsp3) is 0.156. The molecular formula is C32H32N4O7S. The molecule has 0 atom stereocenters. The molecule has 0 heterocycles. The van der Waals surface area contributed by atoms with Gasteiger partial charge in [-0.1, -0.05) is 35.9 Å². The van der Waals surface area contributed by atoms with Gasteiger partial charge in [-0.15, -0.1) is 0 Å². The number of carbonyl (C=O) groups is 2. The van der Waals surface area contributed by atoms with E-state index in [1.54, 1.807) is 54.6 Å². The monoisotopic (exact) mass is 616 g/mol. The summed E-state index contributed by atoms with van der Waals surface area (Å²) in [5.74, 6) is 0.218. The van der Waals surface area contributed by atoms with E-state index in [0.29, 0.717) is 28.5 Å². The maximum Gasteiger partial charge on any atom is 0.264 e. The Labute approximate surface area is 256 Å². The number of nitrogens with zero attached hydrogens (tertiary/aromatic N) is 2. The number of anilines is 2. The van der Waals surface area contributed by atoms with Gasteiger partial charge in [0, 0.05) is 11.8 Å². The molecule has 0 spiro atoms. The number of aryl methyl sites for hydroxylation is 1. The van der Waals surface area contributed by atoms with Crippen LogP contribution >= 0.6 is 0 Å². The minimum absolute atomic E-state index is 0.0223. The maximum atomic E-state index is 13.6. The Bertz CT molecular complexity index is 1710. The van der Waals surface area contributed by atoms with Crippen LogP contribution in [-0.4, -0.2) is 53.8 Å². The molecule has 0 saturated carbocycles. The van der Waals surface area contributed by atoms with Crippen LogP contribution in [0.5, 0.6) is 17.2 Å². The molecule has 0 unspecified atom stereocenters. The molecule has 228 valence electrons. The van der Waals surface area contributed by atoms with E-state index >= 15 is 0 Å². The third-order valence-corrected chi connectivity index (χ3v) is 8.05. The van der Waals surface area contributed by atoms with Crippen molar-refractivity contribution in [3.8, 4) is 17.2 Å². The van der Waals surface area contributed by atoms with Crippen molar-refractivity contribution in [3.63, 3.8) is 0 Å². The van der Waals surface area contributed by atoms with E-state index < -0.39 is 22.5 Å². The van der Waals surface area contributed by atoms with E-state index in [2.05, 4.69) is 15.8 Å².